The van der Waals surface area contributed by atoms with Crippen molar-refractivity contribution in [3.63, 3.8) is 0 Å². The molecule has 0 aliphatic carbocycles. The molecule has 0 saturated carbocycles. The summed E-state index contributed by atoms with van der Waals surface area (Å²) in [6, 6.07) is 0. The van der Waals surface area contributed by atoms with Crippen LogP contribution in [0.5, 0.6) is 0 Å². The van der Waals surface area contributed by atoms with Gasteiger partial charge in [0.25, 0.3) is 0 Å². The molecule has 0 heterocycles. The minimum absolute atomic E-state index is 0.00639. The zero-order valence-electron chi connectivity index (χ0n) is 74.4. The average Bonchev–Trinajstić information content (AvgIpc) is 0.855. The Morgan fingerprint density at radius 1 is 0.209 bits per heavy atom. The molecule has 4 unspecified atom stereocenters. The Morgan fingerprint density at radius 2 is 0.383 bits per heavy atom. The molecule has 115 heavy (non-hydrogen) atoms. The van der Waals surface area contributed by atoms with Crippen molar-refractivity contribution in [2.45, 2.75) is 441 Å². The van der Waals surface area contributed by atoms with Crippen LogP contribution in [0, 0.1) is 23.7 Å². The number of phosphoric ester groups is 2. The molecular formula is C89H166O24P2. The van der Waals surface area contributed by atoms with Gasteiger partial charge in [-0.25, -0.2) is 9.13 Å². The first-order valence-electron chi connectivity index (χ1n) is 45.7. The number of unbranched alkanes of at least 4 members (excludes halogenated alkanes) is 40. The van der Waals surface area contributed by atoms with Crippen LogP contribution in [0.15, 0.2) is 0 Å². The van der Waals surface area contributed by atoms with Gasteiger partial charge in [-0.15, -0.1) is 0 Å². The van der Waals surface area contributed by atoms with Crippen LogP contribution in [0.1, 0.15) is 417 Å². The maximum absolute atomic E-state index is 15.4. The summed E-state index contributed by atoms with van der Waals surface area (Å²) in [5.41, 5.74) is 0. The molecule has 0 fully saturated rings. The summed E-state index contributed by atoms with van der Waals surface area (Å²) < 4.78 is 112. The number of hydrogen-bond donors (Lipinski definition) is 0. The second-order valence-corrected chi connectivity index (χ2v) is 36.5. The summed E-state index contributed by atoms with van der Waals surface area (Å²) in [6.45, 7) is 16.4. The van der Waals surface area contributed by atoms with E-state index in [1.807, 2.05) is 27.7 Å². The Hall–Kier alpha value is -4.02. The molecule has 0 rings (SSSR count). The minimum Gasteiger partial charge on any atom is -0.462 e. The molecular weight excluding hydrogens is 1510 g/mol. The highest BCUT2D eigenvalue weighted by atomic mass is 31.2. The number of rotatable bonds is 84. The second-order valence-electron chi connectivity index (χ2n) is 33.2. The zero-order chi connectivity index (χ0) is 85.3. The van der Waals surface area contributed by atoms with E-state index in [9.17, 15) is 38.4 Å². The zero-order valence-corrected chi connectivity index (χ0v) is 76.2. The first-order chi connectivity index (χ1) is 55.3. The number of hydrogen-bond acceptors (Lipinski definition) is 24. The van der Waals surface area contributed by atoms with Gasteiger partial charge < -0.3 is 37.9 Å². The lowest BCUT2D eigenvalue weighted by Crippen LogP contribution is -2.32. The summed E-state index contributed by atoms with van der Waals surface area (Å²) in [5.74, 6) is -5.64. The monoisotopic (exact) mass is 1680 g/mol. The van der Waals surface area contributed by atoms with E-state index in [1.54, 1.807) is 27.7 Å². The van der Waals surface area contributed by atoms with Gasteiger partial charge in [-0.2, -0.15) is 0 Å². The maximum atomic E-state index is 15.4. The molecule has 0 radical (unpaired) electrons. The largest absolute Gasteiger partial charge is 0.477 e. The summed E-state index contributed by atoms with van der Waals surface area (Å²) in [6.07, 6.45) is 41.2. The summed E-state index contributed by atoms with van der Waals surface area (Å²) >= 11 is 0. The number of carbonyl (C=O) groups is 8. The van der Waals surface area contributed by atoms with Crippen LogP contribution in [0.25, 0.3) is 0 Å². The van der Waals surface area contributed by atoms with Gasteiger partial charge in [0.15, 0.2) is 31.2 Å². The predicted octanol–water partition coefficient (Wildman–Crippen LogP) is 24.1. The number of ether oxygens (including phenoxy) is 8. The number of carbonyl (C=O) groups excluding carboxylic acids is 8. The van der Waals surface area contributed by atoms with Gasteiger partial charge in [-0.1, -0.05) is 340 Å². The van der Waals surface area contributed by atoms with E-state index in [2.05, 4.69) is 27.7 Å². The van der Waals surface area contributed by atoms with Gasteiger partial charge in [0.2, 0.25) is 0 Å². The minimum atomic E-state index is -5.24. The van der Waals surface area contributed by atoms with Gasteiger partial charge in [-0.3, -0.25) is 65.5 Å². The molecule has 0 aliphatic rings. The highest BCUT2D eigenvalue weighted by Gasteiger charge is 2.38. The van der Waals surface area contributed by atoms with E-state index in [0.29, 0.717) is 25.7 Å². The van der Waals surface area contributed by atoms with Gasteiger partial charge >= 0.3 is 63.4 Å². The molecule has 0 aromatic heterocycles. The van der Waals surface area contributed by atoms with Crippen molar-refractivity contribution in [3.8, 4) is 0 Å². The molecule has 0 amide bonds. The first-order valence-corrected chi connectivity index (χ1v) is 48.7. The van der Waals surface area contributed by atoms with Crippen molar-refractivity contribution < 1.29 is 113 Å². The Morgan fingerprint density at radius 3 is 0.591 bits per heavy atom. The van der Waals surface area contributed by atoms with E-state index in [0.717, 1.165) is 116 Å². The quantitative estimate of drug-likeness (QED) is 0.0180. The molecule has 0 spiro atoms. The molecule has 0 aromatic carbocycles. The van der Waals surface area contributed by atoms with Crippen LogP contribution in [0.3, 0.4) is 0 Å². The molecule has 0 aromatic rings. The Balaban J connectivity index is 7.61. The Kier molecular flexibility index (Phi) is 73.5. The van der Waals surface area contributed by atoms with Crippen LogP contribution in [-0.4, -0.2) is 132 Å². The van der Waals surface area contributed by atoms with Crippen molar-refractivity contribution in [1.82, 2.24) is 0 Å². The van der Waals surface area contributed by atoms with Gasteiger partial charge in [-0.05, 0) is 49.4 Å². The van der Waals surface area contributed by atoms with Crippen LogP contribution in [0.4, 0.5) is 0 Å². The SMILES string of the molecule is CCCCCCCCCCCCCC(=O)OC[C@H](COP(=O)(OCOP(=O)(OCC(COC(=O)CC(C)C)OC(=O)CC(C)C)OC[C@@H](COC(=O)CCCCCCCCCCCCC)OC(=O)CCCCCCCCCCCCC)OCC(COC(=O)CC(C)C)OC(=O)CC(C)C)OC(=O)CCCCCCCCCCCCC. The van der Waals surface area contributed by atoms with Gasteiger partial charge in [0.1, 0.15) is 26.4 Å². The Labute approximate surface area is 697 Å². The molecule has 0 N–H and O–H groups in total. The average molecular weight is 1680 g/mol. The van der Waals surface area contributed by atoms with E-state index in [1.165, 1.54) is 141 Å². The molecule has 0 saturated heterocycles. The molecule has 0 aliphatic heterocycles. The molecule has 26 heteroatoms. The third-order valence-corrected chi connectivity index (χ3v) is 22.0. The molecule has 676 valence electrons. The van der Waals surface area contributed by atoms with Crippen LogP contribution in [-0.2, 0) is 113 Å². The van der Waals surface area contributed by atoms with Crippen molar-refractivity contribution in [3.05, 3.63) is 0 Å². The maximum Gasteiger partial charge on any atom is 0.477 e. The smallest absolute Gasteiger partial charge is 0.462 e. The molecule has 6 atom stereocenters. The van der Waals surface area contributed by atoms with Gasteiger partial charge in [0, 0.05) is 51.4 Å². The fraction of sp³-hybridized carbons (Fsp3) is 0.910. The van der Waals surface area contributed by atoms with Crippen molar-refractivity contribution in [2.75, 3.05) is 59.6 Å². The standard InChI is InChI=1S/C89H166O24P2/c1-13-17-21-25-29-33-37-41-45-49-53-57-82(90)100-65-78(110-84(92)59-55-51-47-43-39-35-31-27-23-19-15-3)69-104-114(98,106-71-80(112-88(96)63-76(9)10)67-102-86(94)61-74(5)6)108-73-109-115(99,107-72-81(113-89(97)64-77(11)12)68-103-87(95)62-75(7)8)105-70-79(111-85(93)60-56-52-48-44-40-36-32-28-24-20-16-4)66-101-83(91)58-54-50-46-42-38-34-30-26-22-18-14-2/h74-81H,13-73H2,1-12H3/t78-,79-,80?,81?,114?,115?/m1/s1. The van der Waals surface area contributed by atoms with Crippen molar-refractivity contribution >= 4 is 63.4 Å². The second kappa shape index (κ2) is 76.1. The Bertz CT molecular complexity index is 2350. The lowest BCUT2D eigenvalue weighted by atomic mass is 10.1. The normalized spacial score (nSPS) is 13.8. The van der Waals surface area contributed by atoms with Crippen molar-refractivity contribution in [1.29, 1.82) is 0 Å². The van der Waals surface area contributed by atoms with Gasteiger partial charge in [0.05, 0.1) is 26.4 Å². The highest BCUT2D eigenvalue weighted by Crippen LogP contribution is 2.54. The van der Waals surface area contributed by atoms with E-state index in [-0.39, 0.29) is 75.0 Å². The predicted molar refractivity (Wildman–Crippen MR) is 452 cm³/mol. The third-order valence-electron chi connectivity index (χ3n) is 19.2. The first kappa shape index (κ1) is 111. The topological polar surface area (TPSA) is 300 Å². The third kappa shape index (κ3) is 73.6. The number of esters is 8. The molecule has 24 nitrogen and oxygen atoms in total. The summed E-state index contributed by atoms with van der Waals surface area (Å²) in [5, 5.41) is 0. The number of phosphoric acid groups is 2. The van der Waals surface area contributed by atoms with Crippen LogP contribution < -0.4 is 0 Å². The van der Waals surface area contributed by atoms with Crippen LogP contribution >= 0.6 is 15.6 Å². The lowest BCUT2D eigenvalue weighted by Gasteiger charge is -2.26. The van der Waals surface area contributed by atoms with Crippen LogP contribution in [0.2, 0.25) is 0 Å². The van der Waals surface area contributed by atoms with E-state index < -0.39 is 147 Å². The highest BCUT2D eigenvalue weighted by molar-refractivity contribution is 7.49. The van der Waals surface area contributed by atoms with Crippen molar-refractivity contribution in [2.24, 2.45) is 23.7 Å². The summed E-state index contributed by atoms with van der Waals surface area (Å²) in [7, 11) is -10.5. The fourth-order valence-corrected chi connectivity index (χ4v) is 14.9. The van der Waals surface area contributed by atoms with E-state index in [4.69, 9.17) is 65.0 Å². The lowest BCUT2D eigenvalue weighted by molar-refractivity contribution is -0.163. The fourth-order valence-electron chi connectivity index (χ4n) is 12.6. The van der Waals surface area contributed by atoms with E-state index >= 15 is 9.13 Å². The summed E-state index contributed by atoms with van der Waals surface area (Å²) in [4.78, 5) is 107. The molecule has 0 bridgehead atoms.